The Balaban J connectivity index is 1.47. The zero-order valence-corrected chi connectivity index (χ0v) is 21.3. The molecule has 1 aliphatic heterocycles. The van der Waals surface area contributed by atoms with Crippen LogP contribution in [0, 0.1) is 0 Å². The minimum Gasteiger partial charge on any atom is -0.507 e. The van der Waals surface area contributed by atoms with Crippen LogP contribution in [0.4, 0.5) is 0 Å². The van der Waals surface area contributed by atoms with Gasteiger partial charge in [-0.3, -0.25) is 19.4 Å². The number of aromatic nitrogens is 1. The minimum atomic E-state index is -0.219. The molecule has 192 valence electrons. The second kappa shape index (κ2) is 12.9. The molecule has 3 N–H and O–H groups in total. The molecule has 0 atom stereocenters. The fraction of sp³-hybridized carbons (Fsp3) is 0.286. The third kappa shape index (κ3) is 7.57. The van der Waals surface area contributed by atoms with Gasteiger partial charge in [-0.25, -0.2) is 0 Å². The van der Waals surface area contributed by atoms with Crippen molar-refractivity contribution < 1.29 is 19.5 Å². The van der Waals surface area contributed by atoms with Gasteiger partial charge in [-0.15, -0.1) is 11.8 Å². The molecule has 3 aromatic rings. The summed E-state index contributed by atoms with van der Waals surface area (Å²) >= 11 is 1.41. The lowest BCUT2D eigenvalue weighted by Crippen LogP contribution is -2.42. The Morgan fingerprint density at radius 3 is 2.62 bits per heavy atom. The number of benzene rings is 2. The van der Waals surface area contributed by atoms with Gasteiger partial charge in [0.05, 0.1) is 12.3 Å². The highest BCUT2D eigenvalue weighted by Crippen LogP contribution is 2.30. The van der Waals surface area contributed by atoms with Gasteiger partial charge in [-0.2, -0.15) is 0 Å². The van der Waals surface area contributed by atoms with Crippen LogP contribution in [0.5, 0.6) is 5.75 Å². The molecular formula is C28H30N4O4S. The summed E-state index contributed by atoms with van der Waals surface area (Å²) in [6.45, 7) is 1.26. The molecule has 37 heavy (non-hydrogen) atoms. The van der Waals surface area contributed by atoms with E-state index in [0.29, 0.717) is 50.0 Å². The van der Waals surface area contributed by atoms with E-state index in [1.165, 1.54) is 11.8 Å². The first kappa shape index (κ1) is 26.2. The average molecular weight is 519 g/mol. The van der Waals surface area contributed by atoms with Crippen LogP contribution < -0.4 is 10.6 Å². The molecule has 9 heteroatoms. The molecule has 0 radical (unpaired) electrons. The molecule has 0 spiro atoms. The van der Waals surface area contributed by atoms with E-state index in [1.54, 1.807) is 41.6 Å². The Morgan fingerprint density at radius 1 is 0.973 bits per heavy atom. The Kier molecular flexibility index (Phi) is 9.15. The molecular weight excluding hydrogens is 488 g/mol. The zero-order valence-electron chi connectivity index (χ0n) is 20.5. The van der Waals surface area contributed by atoms with E-state index >= 15 is 0 Å². The Bertz CT molecular complexity index is 1250. The average Bonchev–Trinajstić information content (AvgIpc) is 2.92. The van der Waals surface area contributed by atoms with Crippen molar-refractivity contribution >= 4 is 29.5 Å². The summed E-state index contributed by atoms with van der Waals surface area (Å²) in [6, 6.07) is 16.2. The minimum absolute atomic E-state index is 0.0203. The summed E-state index contributed by atoms with van der Waals surface area (Å²) in [5.74, 6) is -0.183. The van der Waals surface area contributed by atoms with E-state index in [1.807, 2.05) is 30.3 Å². The quantitative estimate of drug-likeness (QED) is 0.459. The predicted molar refractivity (Wildman–Crippen MR) is 143 cm³/mol. The smallest absolute Gasteiger partial charge is 0.251 e. The predicted octanol–water partition coefficient (Wildman–Crippen LogP) is 3.26. The topological polar surface area (TPSA) is 112 Å². The van der Waals surface area contributed by atoms with Crippen molar-refractivity contribution in [2.75, 3.05) is 31.9 Å². The fourth-order valence-electron chi connectivity index (χ4n) is 4.07. The highest BCUT2D eigenvalue weighted by molar-refractivity contribution is 8.00. The van der Waals surface area contributed by atoms with Crippen molar-refractivity contribution in [1.29, 1.82) is 0 Å². The van der Waals surface area contributed by atoms with Gasteiger partial charge >= 0.3 is 0 Å². The van der Waals surface area contributed by atoms with Crippen LogP contribution >= 0.6 is 11.8 Å². The lowest BCUT2D eigenvalue weighted by Gasteiger charge is -2.22. The molecule has 0 fully saturated rings. The number of phenols is 1. The molecule has 2 heterocycles. The monoisotopic (exact) mass is 518 g/mol. The number of hydrogen-bond donors (Lipinski definition) is 3. The molecule has 0 unspecified atom stereocenters. The summed E-state index contributed by atoms with van der Waals surface area (Å²) in [7, 11) is 0. The number of pyridine rings is 1. The van der Waals surface area contributed by atoms with Crippen LogP contribution in [-0.2, 0) is 16.0 Å². The number of nitrogens with zero attached hydrogens (tertiary/aromatic N) is 2. The number of amides is 3. The SMILES string of the molecule is O=C1CN(C(=O)CSc2ccncc2)CCCCNC(=O)c2cccc(c2)-c2cc(ccc2O)CCN1. The van der Waals surface area contributed by atoms with E-state index in [0.717, 1.165) is 16.0 Å². The van der Waals surface area contributed by atoms with Gasteiger partial charge in [-0.1, -0.05) is 18.2 Å². The van der Waals surface area contributed by atoms with Crippen molar-refractivity contribution in [3.8, 4) is 16.9 Å². The van der Waals surface area contributed by atoms with Gasteiger partial charge < -0.3 is 20.6 Å². The molecule has 1 aliphatic rings. The molecule has 4 rings (SSSR count). The van der Waals surface area contributed by atoms with E-state index in [9.17, 15) is 19.5 Å². The first-order valence-corrected chi connectivity index (χ1v) is 13.3. The molecule has 0 saturated heterocycles. The highest BCUT2D eigenvalue weighted by Gasteiger charge is 2.18. The number of aromatic hydroxyl groups is 1. The number of nitrogens with one attached hydrogen (secondary N) is 2. The lowest BCUT2D eigenvalue weighted by atomic mass is 9.98. The summed E-state index contributed by atoms with van der Waals surface area (Å²) < 4.78 is 0. The van der Waals surface area contributed by atoms with Crippen molar-refractivity contribution in [2.24, 2.45) is 0 Å². The van der Waals surface area contributed by atoms with Gasteiger partial charge in [-0.05, 0) is 66.8 Å². The fourth-order valence-corrected chi connectivity index (χ4v) is 4.85. The van der Waals surface area contributed by atoms with Gasteiger partial charge in [0, 0.05) is 48.1 Å². The van der Waals surface area contributed by atoms with Crippen LogP contribution in [0.3, 0.4) is 0 Å². The van der Waals surface area contributed by atoms with Crippen molar-refractivity contribution in [3.05, 3.63) is 78.1 Å². The Hall–Kier alpha value is -3.85. The second-order valence-electron chi connectivity index (χ2n) is 8.78. The maximum Gasteiger partial charge on any atom is 0.251 e. The van der Waals surface area contributed by atoms with Crippen molar-refractivity contribution in [2.45, 2.75) is 24.2 Å². The summed E-state index contributed by atoms with van der Waals surface area (Å²) in [4.78, 5) is 44.9. The molecule has 8 nitrogen and oxygen atoms in total. The van der Waals surface area contributed by atoms with Crippen LogP contribution in [0.25, 0.3) is 11.1 Å². The Morgan fingerprint density at radius 2 is 1.78 bits per heavy atom. The Labute approximate surface area is 220 Å². The van der Waals surface area contributed by atoms with Gasteiger partial charge in [0.15, 0.2) is 0 Å². The number of hydrogen-bond acceptors (Lipinski definition) is 6. The number of fused-ring (bicyclic) bond motifs is 5. The summed E-state index contributed by atoms with van der Waals surface area (Å²) in [5.41, 5.74) is 2.82. The number of thioether (sulfide) groups is 1. The molecule has 0 saturated carbocycles. The molecule has 2 aromatic carbocycles. The van der Waals surface area contributed by atoms with E-state index in [2.05, 4.69) is 15.6 Å². The van der Waals surface area contributed by atoms with E-state index in [-0.39, 0.29) is 35.8 Å². The molecule has 1 aromatic heterocycles. The first-order valence-electron chi connectivity index (χ1n) is 12.3. The summed E-state index contributed by atoms with van der Waals surface area (Å²) in [6.07, 6.45) is 5.23. The van der Waals surface area contributed by atoms with Crippen LogP contribution in [0.2, 0.25) is 0 Å². The van der Waals surface area contributed by atoms with Gasteiger partial charge in [0.25, 0.3) is 5.91 Å². The van der Waals surface area contributed by atoms with E-state index < -0.39 is 0 Å². The number of carbonyl (C=O) groups excluding carboxylic acids is 3. The maximum absolute atomic E-state index is 13.0. The maximum atomic E-state index is 13.0. The third-order valence-corrected chi connectivity index (χ3v) is 7.07. The molecule has 3 amide bonds. The van der Waals surface area contributed by atoms with Crippen LogP contribution in [-0.4, -0.2) is 64.6 Å². The zero-order chi connectivity index (χ0) is 26.0. The molecule has 0 aliphatic carbocycles. The van der Waals surface area contributed by atoms with Crippen molar-refractivity contribution in [3.63, 3.8) is 0 Å². The standard InChI is InChI=1S/C28H30N4O4S/c33-25-7-6-20-8-14-30-26(34)18-32(27(35)19-37-23-9-12-29-13-10-23)15-2-1-11-31-28(36)22-5-3-4-21(17-22)24(25)16-20/h3-7,9-10,12-13,16-17,33H,1-2,8,11,14-15,18-19H2,(H,30,34)(H,31,36). The lowest BCUT2D eigenvalue weighted by molar-refractivity contribution is -0.134. The molecule has 4 bridgehead atoms. The highest BCUT2D eigenvalue weighted by atomic mass is 32.2. The van der Waals surface area contributed by atoms with Crippen molar-refractivity contribution in [1.82, 2.24) is 20.5 Å². The number of carbonyl (C=O) groups is 3. The number of phenolic OH excluding ortho intramolecular Hbond substituents is 1. The number of rotatable bonds is 3. The first-order chi connectivity index (χ1) is 18.0. The normalized spacial score (nSPS) is 15.2. The van der Waals surface area contributed by atoms with Crippen LogP contribution in [0.15, 0.2) is 71.9 Å². The van der Waals surface area contributed by atoms with Crippen LogP contribution in [0.1, 0.15) is 28.8 Å². The summed E-state index contributed by atoms with van der Waals surface area (Å²) in [5, 5.41) is 16.3. The third-order valence-electron chi connectivity index (χ3n) is 6.07. The van der Waals surface area contributed by atoms with Gasteiger partial charge in [0.2, 0.25) is 11.8 Å². The van der Waals surface area contributed by atoms with Gasteiger partial charge in [0.1, 0.15) is 5.75 Å². The second-order valence-corrected chi connectivity index (χ2v) is 9.83. The van der Waals surface area contributed by atoms with E-state index in [4.69, 9.17) is 0 Å². The largest absolute Gasteiger partial charge is 0.507 e.